The van der Waals surface area contributed by atoms with Gasteiger partial charge in [-0.15, -0.1) is 0 Å². The van der Waals surface area contributed by atoms with Crippen LogP contribution in [0.1, 0.15) is 0 Å². The Balaban J connectivity index is 3.57. The van der Waals surface area contributed by atoms with E-state index in [2.05, 4.69) is 0 Å². The third-order valence-corrected chi connectivity index (χ3v) is 3.78. The van der Waals surface area contributed by atoms with Gasteiger partial charge in [0.1, 0.15) is 5.82 Å². The van der Waals surface area contributed by atoms with E-state index in [1.54, 1.807) is 0 Å². The fourth-order valence-electron chi connectivity index (χ4n) is 1.31. The van der Waals surface area contributed by atoms with Gasteiger partial charge in [-0.3, -0.25) is 0 Å². The lowest BCUT2D eigenvalue weighted by atomic mass is 10.3. The Morgan fingerprint density at radius 3 is 2.20 bits per heavy atom. The molecule has 1 aromatic carbocycles. The van der Waals surface area contributed by atoms with Gasteiger partial charge in [-0.25, -0.2) is 18.8 Å². The predicted octanol–water partition coefficient (Wildman–Crippen LogP) is 3.68. The summed E-state index contributed by atoms with van der Waals surface area (Å²) < 4.78 is 32.1. The molecule has 0 radical (unpaired) electrons. The van der Waals surface area contributed by atoms with E-state index in [-0.39, 0.29) is 15.7 Å². The average Bonchev–Trinajstić information content (AvgIpc) is 2.08. The van der Waals surface area contributed by atoms with Crippen molar-refractivity contribution < 1.29 is 13.5 Å². The van der Waals surface area contributed by atoms with Crippen molar-refractivity contribution in [3.63, 3.8) is 0 Å². The topological polar surface area (TPSA) is 9.23 Å². The largest absolute Gasteiger partial charge is 0.492 e. The van der Waals surface area contributed by atoms with Gasteiger partial charge in [0.25, 0.3) is 0 Å². The van der Waals surface area contributed by atoms with E-state index in [0.717, 1.165) is 6.07 Å². The molecule has 0 unspecified atom stereocenters. The smallest absolute Gasteiger partial charge is 0.184 e. The number of benzene rings is 1. The van der Waals surface area contributed by atoms with Crippen molar-refractivity contribution >= 4 is 21.6 Å². The molecular weight excluding hydrogens is 242 g/mol. The first-order valence-electron chi connectivity index (χ1n) is 4.19. The standard InChI is InChI=1S/C10H13ClF2OS/c1-14-9-8(13)6(11)5-7(12)10(9)15(2,3)4/h5H,1-4H3. The fourth-order valence-corrected chi connectivity index (χ4v) is 2.86. The van der Waals surface area contributed by atoms with Gasteiger partial charge in [-0.2, -0.15) is 0 Å². The first kappa shape index (κ1) is 12.6. The molecule has 0 spiro atoms. The SMILES string of the molecule is COc1c(F)c(Cl)cc(F)c1S(C)(C)C. The van der Waals surface area contributed by atoms with Crippen molar-refractivity contribution in [3.05, 3.63) is 22.7 Å². The van der Waals surface area contributed by atoms with Crippen molar-refractivity contribution in [2.45, 2.75) is 4.90 Å². The summed E-state index contributed by atoms with van der Waals surface area (Å²) in [4.78, 5) is 0.284. The molecule has 0 aromatic heterocycles. The molecule has 0 saturated heterocycles. The quantitative estimate of drug-likeness (QED) is 0.732. The molecule has 0 aliphatic carbocycles. The van der Waals surface area contributed by atoms with E-state index in [1.807, 2.05) is 18.8 Å². The number of hydrogen-bond acceptors (Lipinski definition) is 1. The van der Waals surface area contributed by atoms with Crippen molar-refractivity contribution in [3.8, 4) is 5.75 Å². The number of methoxy groups -OCH3 is 1. The first-order chi connectivity index (χ1) is 6.79. The van der Waals surface area contributed by atoms with Gasteiger partial charge in [-0.1, -0.05) is 11.6 Å². The second kappa shape index (κ2) is 4.18. The summed E-state index contributed by atoms with van der Waals surface area (Å²) in [5.74, 6) is -1.29. The highest BCUT2D eigenvalue weighted by molar-refractivity contribution is 8.32. The number of rotatable bonds is 2. The zero-order valence-corrected chi connectivity index (χ0v) is 10.6. The molecule has 1 rings (SSSR count). The number of halogens is 3. The van der Waals surface area contributed by atoms with E-state index in [1.165, 1.54) is 7.11 Å². The molecule has 1 aromatic rings. The summed E-state index contributed by atoms with van der Waals surface area (Å²) in [6.07, 6.45) is 5.59. The highest BCUT2D eigenvalue weighted by Crippen LogP contribution is 2.53. The molecule has 0 aliphatic rings. The second-order valence-electron chi connectivity index (χ2n) is 3.85. The number of hydrogen-bond donors (Lipinski definition) is 0. The van der Waals surface area contributed by atoms with Crippen LogP contribution in [0.25, 0.3) is 0 Å². The Morgan fingerprint density at radius 1 is 1.27 bits per heavy atom. The van der Waals surface area contributed by atoms with E-state index in [4.69, 9.17) is 16.3 Å². The van der Waals surface area contributed by atoms with Crippen LogP contribution in [0.15, 0.2) is 11.0 Å². The van der Waals surface area contributed by atoms with Crippen LogP contribution in [-0.2, 0) is 0 Å². The molecule has 86 valence electrons. The molecule has 0 N–H and O–H groups in total. The van der Waals surface area contributed by atoms with Gasteiger partial charge in [0.15, 0.2) is 11.6 Å². The van der Waals surface area contributed by atoms with Crippen LogP contribution in [0.4, 0.5) is 8.78 Å². The van der Waals surface area contributed by atoms with Gasteiger partial charge in [0.05, 0.1) is 17.0 Å². The van der Waals surface area contributed by atoms with Gasteiger partial charge in [0.2, 0.25) is 0 Å². The summed E-state index contributed by atoms with van der Waals surface area (Å²) in [5.41, 5.74) is 0. The Labute approximate surface area is 94.7 Å². The zero-order chi connectivity index (χ0) is 11.8. The second-order valence-corrected chi connectivity index (χ2v) is 8.34. The summed E-state index contributed by atoms with van der Waals surface area (Å²) in [6.45, 7) is 0. The summed E-state index contributed by atoms with van der Waals surface area (Å²) in [7, 11) is -0.106. The van der Waals surface area contributed by atoms with Crippen LogP contribution < -0.4 is 4.74 Å². The lowest BCUT2D eigenvalue weighted by Gasteiger charge is -2.28. The lowest BCUT2D eigenvalue weighted by Crippen LogP contribution is -2.03. The third-order valence-electron chi connectivity index (χ3n) is 1.90. The van der Waals surface area contributed by atoms with Gasteiger partial charge in [0, 0.05) is 0 Å². The number of ether oxygens (including phenoxy) is 1. The minimum Gasteiger partial charge on any atom is -0.492 e. The highest BCUT2D eigenvalue weighted by Gasteiger charge is 2.24. The normalized spacial score (nSPS) is 12.7. The van der Waals surface area contributed by atoms with Crippen LogP contribution in [0.3, 0.4) is 0 Å². The third kappa shape index (κ3) is 2.37. The Bertz CT molecular complexity index is 388. The molecular formula is C10H13ClF2OS. The van der Waals surface area contributed by atoms with Crippen molar-refractivity contribution in [2.75, 3.05) is 25.9 Å². The minimum atomic E-state index is -1.41. The zero-order valence-electron chi connectivity index (χ0n) is 9.03. The molecule has 15 heavy (non-hydrogen) atoms. The van der Waals surface area contributed by atoms with E-state index >= 15 is 0 Å². The monoisotopic (exact) mass is 254 g/mol. The fraction of sp³-hybridized carbons (Fsp3) is 0.400. The van der Waals surface area contributed by atoms with E-state index in [0.29, 0.717) is 0 Å². The summed E-state index contributed by atoms with van der Waals surface area (Å²) >= 11 is 5.53. The minimum absolute atomic E-state index is 0.0810. The van der Waals surface area contributed by atoms with Crippen LogP contribution >= 0.6 is 21.6 Å². The highest BCUT2D eigenvalue weighted by atomic mass is 35.5. The predicted molar refractivity (Wildman–Crippen MR) is 61.5 cm³/mol. The maximum Gasteiger partial charge on any atom is 0.184 e. The molecule has 0 amide bonds. The summed E-state index contributed by atoms with van der Waals surface area (Å²) in [5, 5.41) is -0.253. The van der Waals surface area contributed by atoms with Crippen LogP contribution in [0.2, 0.25) is 5.02 Å². The van der Waals surface area contributed by atoms with E-state index in [9.17, 15) is 8.78 Å². The molecule has 0 heterocycles. The van der Waals surface area contributed by atoms with Gasteiger partial charge < -0.3 is 4.74 Å². The van der Waals surface area contributed by atoms with Gasteiger partial charge >= 0.3 is 0 Å². The molecule has 0 atom stereocenters. The molecule has 0 saturated carbocycles. The maximum atomic E-state index is 13.7. The van der Waals surface area contributed by atoms with Crippen molar-refractivity contribution in [1.82, 2.24) is 0 Å². The lowest BCUT2D eigenvalue weighted by molar-refractivity contribution is 0.368. The Hall–Kier alpha value is -0.480. The van der Waals surface area contributed by atoms with Crippen LogP contribution in [-0.4, -0.2) is 25.9 Å². The molecule has 5 heteroatoms. The first-order valence-corrected chi connectivity index (χ1v) is 7.42. The van der Waals surface area contributed by atoms with Crippen molar-refractivity contribution in [1.29, 1.82) is 0 Å². The maximum absolute atomic E-state index is 13.7. The van der Waals surface area contributed by atoms with E-state index < -0.39 is 21.7 Å². The average molecular weight is 255 g/mol. The Morgan fingerprint density at radius 2 is 1.80 bits per heavy atom. The molecule has 0 bridgehead atoms. The molecule has 0 fully saturated rings. The molecule has 0 aliphatic heterocycles. The molecule has 1 nitrogen and oxygen atoms in total. The van der Waals surface area contributed by atoms with Gasteiger partial charge in [-0.05, 0) is 24.8 Å². The van der Waals surface area contributed by atoms with Crippen molar-refractivity contribution in [2.24, 2.45) is 0 Å². The van der Waals surface area contributed by atoms with Crippen LogP contribution in [0, 0.1) is 11.6 Å². The van der Waals surface area contributed by atoms with Crippen LogP contribution in [0.5, 0.6) is 5.75 Å². The summed E-state index contributed by atoms with van der Waals surface area (Å²) in [6, 6.07) is 0.993. The Kier molecular flexibility index (Phi) is 3.51.